The van der Waals surface area contributed by atoms with E-state index in [9.17, 15) is 0 Å². The molecule has 1 N–H and O–H groups in total. The van der Waals surface area contributed by atoms with Crippen LogP contribution in [-0.2, 0) is 0 Å². The number of hydrogen-bond donors (Lipinski definition) is 2. The van der Waals surface area contributed by atoms with E-state index >= 15 is 0 Å². The molecular weight excluding hydrogens is 140 g/mol. The van der Waals surface area contributed by atoms with Crippen LogP contribution in [0.25, 0.3) is 0 Å². The molecule has 1 heterocycles. The third-order valence-electron chi connectivity index (χ3n) is 1.13. The quantitative estimate of drug-likeness (QED) is 0.373. The van der Waals surface area contributed by atoms with Crippen LogP contribution in [-0.4, -0.2) is 29.0 Å². The van der Waals surface area contributed by atoms with Crippen LogP contribution in [0.4, 0.5) is 0 Å². The van der Waals surface area contributed by atoms with Crippen molar-refractivity contribution in [2.24, 2.45) is 0 Å². The Morgan fingerprint density at radius 1 is 1.75 bits per heavy atom. The largest absolute Gasteiger partial charge is 0.344 e. The number of thiol groups is 1. The first-order valence-electron chi connectivity index (χ1n) is 2.49. The van der Waals surface area contributed by atoms with Crippen LogP contribution in [0.2, 0.25) is 0 Å². The smallest absolute Gasteiger partial charge is 0.134 e. The Bertz CT molecular complexity index is 98.2. The Kier molecular flexibility index (Phi) is 2.10. The van der Waals surface area contributed by atoms with E-state index in [0.29, 0.717) is 4.32 Å². The highest BCUT2D eigenvalue weighted by Gasteiger charge is 2.09. The number of nitrogens with zero attached hydrogens (tertiary/aromatic N) is 1. The van der Waals surface area contributed by atoms with E-state index in [4.69, 9.17) is 12.2 Å². The van der Waals surface area contributed by atoms with Gasteiger partial charge in [0.1, 0.15) is 4.32 Å². The van der Waals surface area contributed by atoms with Gasteiger partial charge in [-0.2, -0.15) is 0 Å². The Labute approximate surface area is 59.7 Å². The average Bonchev–Trinajstić information content (AvgIpc) is 2.12. The molecule has 46 valence electrons. The van der Waals surface area contributed by atoms with Crippen molar-refractivity contribution in [3.63, 3.8) is 0 Å². The van der Waals surface area contributed by atoms with Crippen LogP contribution in [0.1, 0.15) is 0 Å². The van der Waals surface area contributed by atoms with Gasteiger partial charge in [-0.05, 0) is 0 Å². The van der Waals surface area contributed by atoms with Crippen LogP contribution in [0, 0.1) is 0 Å². The van der Waals surface area contributed by atoms with Crippen LogP contribution in [0.5, 0.6) is 0 Å². The molecular formula is C4H8N2S2. The molecule has 4 heteroatoms. The summed E-state index contributed by atoms with van der Waals surface area (Å²) in [7, 11) is 0. The first-order chi connectivity index (χ1) is 3.80. The molecule has 0 aromatic carbocycles. The maximum atomic E-state index is 4.81. The lowest BCUT2D eigenvalue weighted by Crippen LogP contribution is -2.23. The monoisotopic (exact) mass is 148 g/mol. The van der Waals surface area contributed by atoms with E-state index in [0.717, 1.165) is 19.8 Å². The van der Waals surface area contributed by atoms with Gasteiger partial charge in [-0.1, -0.05) is 12.2 Å². The van der Waals surface area contributed by atoms with E-state index in [2.05, 4.69) is 17.9 Å². The number of hydrogen-bond acceptors (Lipinski definition) is 2. The molecule has 0 atom stereocenters. The van der Waals surface area contributed by atoms with Crippen molar-refractivity contribution in [2.75, 3.05) is 19.8 Å². The normalized spacial score (nSPS) is 19.4. The summed E-state index contributed by atoms with van der Waals surface area (Å²) in [5, 5.41) is 3.14. The summed E-state index contributed by atoms with van der Waals surface area (Å²) in [5.74, 6) is 0. The van der Waals surface area contributed by atoms with Crippen LogP contribution >= 0.6 is 24.8 Å². The van der Waals surface area contributed by atoms with E-state index in [1.54, 1.807) is 0 Å². The maximum Gasteiger partial charge on any atom is 0.134 e. The summed E-state index contributed by atoms with van der Waals surface area (Å²) in [4.78, 5) is 2.01. The molecule has 0 unspecified atom stereocenters. The fourth-order valence-corrected chi connectivity index (χ4v) is 0.997. The van der Waals surface area contributed by atoms with Gasteiger partial charge >= 0.3 is 0 Å². The second-order valence-electron chi connectivity index (χ2n) is 1.70. The van der Waals surface area contributed by atoms with Gasteiger partial charge in [0.15, 0.2) is 0 Å². The molecule has 0 saturated carbocycles. The minimum absolute atomic E-state index is 0.690. The second kappa shape index (κ2) is 2.66. The van der Waals surface area contributed by atoms with Crippen LogP contribution < -0.4 is 5.32 Å². The standard InChI is InChI=1S/C4H8N2S2/c7-4(8)6-2-1-5-3-6/h5H,1-3H2,(H,7,8). The zero-order valence-corrected chi connectivity index (χ0v) is 6.13. The van der Waals surface area contributed by atoms with E-state index < -0.39 is 0 Å². The van der Waals surface area contributed by atoms with Crippen LogP contribution in [0.3, 0.4) is 0 Å². The highest BCUT2D eigenvalue weighted by molar-refractivity contribution is 8.10. The zero-order valence-electron chi connectivity index (χ0n) is 4.42. The van der Waals surface area contributed by atoms with E-state index in [-0.39, 0.29) is 0 Å². The summed E-state index contributed by atoms with van der Waals surface area (Å²) in [6.45, 7) is 2.89. The molecule has 0 amide bonds. The van der Waals surface area contributed by atoms with Crippen molar-refractivity contribution in [2.45, 2.75) is 0 Å². The van der Waals surface area contributed by atoms with Crippen molar-refractivity contribution in [3.8, 4) is 0 Å². The molecule has 2 nitrogen and oxygen atoms in total. The summed E-state index contributed by atoms with van der Waals surface area (Å²) in [6.07, 6.45) is 0. The Balaban J connectivity index is 2.35. The van der Waals surface area contributed by atoms with Crippen molar-refractivity contribution in [1.82, 2.24) is 10.2 Å². The topological polar surface area (TPSA) is 15.3 Å². The van der Waals surface area contributed by atoms with Gasteiger partial charge in [-0.25, -0.2) is 0 Å². The SMILES string of the molecule is S=C(S)N1CCNC1. The highest BCUT2D eigenvalue weighted by atomic mass is 32.1. The first-order valence-corrected chi connectivity index (χ1v) is 3.35. The fraction of sp³-hybridized carbons (Fsp3) is 0.750. The number of rotatable bonds is 0. The minimum Gasteiger partial charge on any atom is -0.344 e. The molecule has 0 bridgehead atoms. The Hall–Kier alpha value is 0.200. The summed E-state index contributed by atoms with van der Waals surface area (Å²) < 4.78 is 0.690. The number of nitrogens with one attached hydrogen (secondary N) is 1. The van der Waals surface area contributed by atoms with E-state index in [1.807, 2.05) is 4.90 Å². The maximum absolute atomic E-state index is 4.81. The molecule has 0 aromatic heterocycles. The predicted molar refractivity (Wildman–Crippen MR) is 41.2 cm³/mol. The fourth-order valence-electron chi connectivity index (χ4n) is 0.670. The molecule has 0 aromatic rings. The molecule has 1 aliphatic heterocycles. The van der Waals surface area contributed by atoms with Gasteiger partial charge in [0.25, 0.3) is 0 Å². The molecule has 0 aliphatic carbocycles. The van der Waals surface area contributed by atoms with Gasteiger partial charge in [0, 0.05) is 13.1 Å². The van der Waals surface area contributed by atoms with Gasteiger partial charge < -0.3 is 4.90 Å². The lowest BCUT2D eigenvalue weighted by molar-refractivity contribution is 0.530. The third-order valence-corrected chi connectivity index (χ3v) is 1.67. The van der Waals surface area contributed by atoms with Crippen molar-refractivity contribution in [3.05, 3.63) is 0 Å². The molecule has 0 radical (unpaired) electrons. The second-order valence-corrected chi connectivity index (χ2v) is 2.82. The summed E-state index contributed by atoms with van der Waals surface area (Å²) in [5.41, 5.74) is 0. The molecule has 8 heavy (non-hydrogen) atoms. The molecule has 1 saturated heterocycles. The minimum atomic E-state index is 0.690. The molecule has 1 fully saturated rings. The molecule has 1 rings (SSSR count). The van der Waals surface area contributed by atoms with Gasteiger partial charge in [-0.3, -0.25) is 5.32 Å². The number of thiocarbonyl (C=S) groups is 1. The highest BCUT2D eigenvalue weighted by Crippen LogP contribution is 1.97. The van der Waals surface area contributed by atoms with E-state index in [1.165, 1.54) is 0 Å². The van der Waals surface area contributed by atoms with Crippen molar-refractivity contribution < 1.29 is 0 Å². The first kappa shape index (κ1) is 6.32. The Morgan fingerprint density at radius 3 is 2.75 bits per heavy atom. The average molecular weight is 148 g/mol. The summed E-state index contributed by atoms with van der Waals surface area (Å²) >= 11 is 8.82. The third kappa shape index (κ3) is 1.34. The molecule has 0 spiro atoms. The van der Waals surface area contributed by atoms with Gasteiger partial charge in [0.2, 0.25) is 0 Å². The Morgan fingerprint density at radius 2 is 2.50 bits per heavy atom. The van der Waals surface area contributed by atoms with Gasteiger partial charge in [0.05, 0.1) is 6.67 Å². The van der Waals surface area contributed by atoms with Crippen LogP contribution in [0.15, 0.2) is 0 Å². The molecule has 1 aliphatic rings. The lowest BCUT2D eigenvalue weighted by Gasteiger charge is -2.11. The van der Waals surface area contributed by atoms with Gasteiger partial charge in [-0.15, -0.1) is 12.6 Å². The summed E-state index contributed by atoms with van der Waals surface area (Å²) in [6, 6.07) is 0. The predicted octanol–water partition coefficient (Wildman–Crippen LogP) is 0.0638. The lowest BCUT2D eigenvalue weighted by atomic mass is 10.7. The van der Waals surface area contributed by atoms with Crippen molar-refractivity contribution >= 4 is 29.2 Å². The van der Waals surface area contributed by atoms with Crippen molar-refractivity contribution in [1.29, 1.82) is 0 Å². The zero-order chi connectivity index (χ0) is 5.98.